The molecule has 0 saturated heterocycles. The molecule has 0 spiro atoms. The molecule has 1 N–H and O–H groups in total. The summed E-state index contributed by atoms with van der Waals surface area (Å²) in [4.78, 5) is 4.00. The Hall–Kier alpha value is -2.25. The Bertz CT molecular complexity index is 595. The van der Waals surface area contributed by atoms with Gasteiger partial charge in [-0.15, -0.1) is 0 Å². The van der Waals surface area contributed by atoms with Crippen LogP contribution in [0.15, 0.2) is 48.8 Å². The van der Waals surface area contributed by atoms with Gasteiger partial charge in [0.25, 0.3) is 0 Å². The minimum Gasteiger partial charge on any atom is -0.396 e. The Balaban J connectivity index is 2.42. The van der Waals surface area contributed by atoms with Crippen LogP contribution in [0.4, 0.5) is 4.39 Å². The second kappa shape index (κ2) is 6.78. The van der Waals surface area contributed by atoms with E-state index in [1.807, 2.05) is 0 Å². The molecule has 2 aromatic rings. The van der Waals surface area contributed by atoms with Crippen LogP contribution in [-0.4, -0.2) is 16.7 Å². The van der Waals surface area contributed by atoms with E-state index in [-0.39, 0.29) is 12.4 Å². The number of nitrogens with zero attached hydrogens (tertiary/aromatic N) is 2. The topological polar surface area (TPSA) is 56.9 Å². The lowest BCUT2D eigenvalue weighted by atomic mass is 9.81. The zero-order chi connectivity index (χ0) is 14.4. The van der Waals surface area contributed by atoms with Gasteiger partial charge in [0.05, 0.1) is 12.0 Å². The van der Waals surface area contributed by atoms with Gasteiger partial charge < -0.3 is 5.11 Å². The van der Waals surface area contributed by atoms with Gasteiger partial charge in [0.15, 0.2) is 0 Å². The van der Waals surface area contributed by atoms with Crippen LogP contribution < -0.4 is 0 Å². The van der Waals surface area contributed by atoms with Crippen molar-refractivity contribution in [3.8, 4) is 6.07 Å². The van der Waals surface area contributed by atoms with E-state index in [0.29, 0.717) is 12.0 Å². The van der Waals surface area contributed by atoms with E-state index in [2.05, 4.69) is 11.1 Å². The number of aliphatic hydroxyl groups excluding tert-OH is 1. The van der Waals surface area contributed by atoms with Crippen LogP contribution in [0.1, 0.15) is 29.4 Å². The Kier molecular flexibility index (Phi) is 4.80. The highest BCUT2D eigenvalue weighted by atomic mass is 19.1. The fraction of sp³-hybridized carbons (Fsp3) is 0.250. The van der Waals surface area contributed by atoms with Gasteiger partial charge in [-0.05, 0) is 29.7 Å². The molecule has 0 radical (unpaired) electrons. The first kappa shape index (κ1) is 14.2. The lowest BCUT2D eigenvalue weighted by Gasteiger charge is -2.22. The minimum atomic E-state index is -0.534. The maximum Gasteiger partial charge on any atom is 0.126 e. The summed E-state index contributed by atoms with van der Waals surface area (Å²) in [5.74, 6) is -1.28. The van der Waals surface area contributed by atoms with Crippen LogP contribution in [0.25, 0.3) is 0 Å². The fourth-order valence-corrected chi connectivity index (χ4v) is 2.37. The highest BCUT2D eigenvalue weighted by Crippen LogP contribution is 2.35. The van der Waals surface area contributed by atoms with E-state index in [0.717, 1.165) is 5.56 Å². The second-order valence-corrected chi connectivity index (χ2v) is 4.53. The molecule has 0 aliphatic heterocycles. The summed E-state index contributed by atoms with van der Waals surface area (Å²) < 4.78 is 14.0. The third-order valence-electron chi connectivity index (χ3n) is 3.33. The van der Waals surface area contributed by atoms with Crippen LogP contribution in [0.5, 0.6) is 0 Å². The predicted octanol–water partition coefficient (Wildman–Crippen LogP) is 2.99. The largest absolute Gasteiger partial charge is 0.396 e. The van der Waals surface area contributed by atoms with Gasteiger partial charge in [0.2, 0.25) is 0 Å². The molecule has 2 rings (SSSR count). The lowest BCUT2D eigenvalue weighted by Crippen LogP contribution is -2.13. The van der Waals surface area contributed by atoms with Crippen LogP contribution in [0, 0.1) is 17.1 Å². The molecule has 0 amide bonds. The molecule has 0 bridgehead atoms. The third-order valence-corrected chi connectivity index (χ3v) is 3.33. The number of halogens is 1. The molecule has 1 aromatic heterocycles. The summed E-state index contributed by atoms with van der Waals surface area (Å²) in [5, 5.41) is 18.7. The lowest BCUT2D eigenvalue weighted by molar-refractivity contribution is 0.270. The van der Waals surface area contributed by atoms with Crippen molar-refractivity contribution in [2.45, 2.75) is 18.3 Å². The fourth-order valence-electron chi connectivity index (χ4n) is 2.37. The van der Waals surface area contributed by atoms with Crippen LogP contribution >= 0.6 is 0 Å². The molecule has 0 unspecified atom stereocenters. The number of benzene rings is 1. The van der Waals surface area contributed by atoms with Gasteiger partial charge in [-0.1, -0.05) is 24.3 Å². The molecular formula is C16H15FN2O. The number of aromatic nitrogens is 1. The van der Waals surface area contributed by atoms with Gasteiger partial charge in [0.1, 0.15) is 5.82 Å². The highest BCUT2D eigenvalue weighted by Gasteiger charge is 2.26. The Morgan fingerprint density at radius 1 is 1.25 bits per heavy atom. The SMILES string of the molecule is N#C[C@H](c1cccnc1)[C@H](CCO)c1ccccc1F. The molecule has 0 fully saturated rings. The van der Waals surface area contributed by atoms with Crippen molar-refractivity contribution in [3.05, 3.63) is 65.7 Å². The summed E-state index contributed by atoms with van der Waals surface area (Å²) in [6.45, 7) is -0.0998. The average molecular weight is 270 g/mol. The van der Waals surface area contributed by atoms with E-state index in [1.54, 1.807) is 42.7 Å². The van der Waals surface area contributed by atoms with E-state index >= 15 is 0 Å². The highest BCUT2D eigenvalue weighted by molar-refractivity contribution is 5.32. The number of rotatable bonds is 5. The monoisotopic (exact) mass is 270 g/mol. The second-order valence-electron chi connectivity index (χ2n) is 4.53. The number of pyridine rings is 1. The summed E-state index contributed by atoms with van der Waals surface area (Å²) in [6, 6.07) is 12.1. The molecule has 0 saturated carbocycles. The Morgan fingerprint density at radius 2 is 2.05 bits per heavy atom. The molecule has 4 heteroatoms. The maximum absolute atomic E-state index is 14.0. The summed E-state index contributed by atoms with van der Waals surface area (Å²) in [5.41, 5.74) is 1.19. The molecular weight excluding hydrogens is 255 g/mol. The van der Waals surface area contributed by atoms with Crippen molar-refractivity contribution >= 4 is 0 Å². The zero-order valence-electron chi connectivity index (χ0n) is 10.9. The van der Waals surface area contributed by atoms with Crippen molar-refractivity contribution in [3.63, 3.8) is 0 Å². The molecule has 0 aliphatic carbocycles. The quantitative estimate of drug-likeness (QED) is 0.908. The number of hydrogen-bond acceptors (Lipinski definition) is 3. The summed E-state index contributed by atoms with van der Waals surface area (Å²) >= 11 is 0. The maximum atomic E-state index is 14.0. The smallest absolute Gasteiger partial charge is 0.126 e. The molecule has 20 heavy (non-hydrogen) atoms. The van der Waals surface area contributed by atoms with Gasteiger partial charge in [-0.3, -0.25) is 4.98 Å². The Labute approximate surface area is 117 Å². The van der Waals surface area contributed by atoms with Gasteiger partial charge in [-0.2, -0.15) is 5.26 Å². The van der Waals surface area contributed by atoms with Crippen LogP contribution in [0.2, 0.25) is 0 Å². The van der Waals surface area contributed by atoms with Gasteiger partial charge >= 0.3 is 0 Å². The first-order chi connectivity index (χ1) is 9.77. The Morgan fingerprint density at radius 3 is 2.65 bits per heavy atom. The van der Waals surface area contributed by atoms with Crippen molar-refractivity contribution in [1.29, 1.82) is 5.26 Å². The van der Waals surface area contributed by atoms with Crippen molar-refractivity contribution in [2.24, 2.45) is 0 Å². The van der Waals surface area contributed by atoms with Crippen molar-refractivity contribution < 1.29 is 9.50 Å². The molecule has 1 aromatic carbocycles. The van der Waals surface area contributed by atoms with Crippen LogP contribution in [0.3, 0.4) is 0 Å². The van der Waals surface area contributed by atoms with E-state index in [1.165, 1.54) is 6.07 Å². The van der Waals surface area contributed by atoms with Gasteiger partial charge in [-0.25, -0.2) is 4.39 Å². The molecule has 2 atom stereocenters. The zero-order valence-corrected chi connectivity index (χ0v) is 10.9. The van der Waals surface area contributed by atoms with Crippen molar-refractivity contribution in [2.75, 3.05) is 6.61 Å². The number of aliphatic hydroxyl groups is 1. The molecule has 3 nitrogen and oxygen atoms in total. The minimum absolute atomic E-state index is 0.0998. The first-order valence-electron chi connectivity index (χ1n) is 6.42. The van der Waals surface area contributed by atoms with E-state index < -0.39 is 11.8 Å². The van der Waals surface area contributed by atoms with Crippen molar-refractivity contribution in [1.82, 2.24) is 4.98 Å². The molecule has 0 aliphatic rings. The first-order valence-corrected chi connectivity index (χ1v) is 6.42. The normalized spacial score (nSPS) is 13.4. The predicted molar refractivity (Wildman–Crippen MR) is 73.4 cm³/mol. The summed E-state index contributed by atoms with van der Waals surface area (Å²) in [6.07, 6.45) is 3.56. The van der Waals surface area contributed by atoms with Crippen LogP contribution in [-0.2, 0) is 0 Å². The summed E-state index contributed by atoms with van der Waals surface area (Å²) in [7, 11) is 0. The number of hydrogen-bond donors (Lipinski definition) is 1. The average Bonchev–Trinajstić information content (AvgIpc) is 2.49. The third kappa shape index (κ3) is 3.01. The molecule has 102 valence electrons. The standard InChI is InChI=1S/C16H15FN2O/c17-16-6-2-1-5-14(16)13(7-9-20)15(10-18)12-4-3-8-19-11-12/h1-6,8,11,13,15,20H,7,9H2/t13-,15-/m1/s1. The number of nitriles is 1. The van der Waals surface area contributed by atoms with Gasteiger partial charge in [0, 0.05) is 24.9 Å². The van der Waals surface area contributed by atoms with E-state index in [4.69, 9.17) is 0 Å². The molecule has 1 heterocycles. The van der Waals surface area contributed by atoms with E-state index in [9.17, 15) is 14.8 Å².